The van der Waals surface area contributed by atoms with Gasteiger partial charge in [-0.3, -0.25) is 9.69 Å². The first-order valence-electron chi connectivity index (χ1n) is 6.66. The number of carboxylic acid groups (broad SMARTS) is 1. The molecule has 7 heteroatoms. The predicted octanol–water partition coefficient (Wildman–Crippen LogP) is 2.75. The van der Waals surface area contributed by atoms with Crippen molar-refractivity contribution in [3.63, 3.8) is 0 Å². The van der Waals surface area contributed by atoms with Crippen molar-refractivity contribution >= 4 is 17.6 Å². The zero-order valence-electron chi connectivity index (χ0n) is 11.6. The third-order valence-electron chi connectivity index (χ3n) is 3.21. The van der Waals surface area contributed by atoms with Crippen molar-refractivity contribution in [2.24, 2.45) is 0 Å². The second-order valence-corrected chi connectivity index (χ2v) is 5.34. The number of hydrogen-bond donors (Lipinski definition) is 1. The van der Waals surface area contributed by atoms with Gasteiger partial charge >= 0.3 is 5.97 Å². The van der Waals surface area contributed by atoms with Crippen molar-refractivity contribution in [3.05, 3.63) is 46.9 Å². The van der Waals surface area contributed by atoms with Crippen LogP contribution in [0.1, 0.15) is 11.3 Å². The molecule has 0 saturated heterocycles. The average Bonchev–Trinajstić information content (AvgIpc) is 3.08. The zero-order valence-corrected chi connectivity index (χ0v) is 12.4. The first-order chi connectivity index (χ1) is 10.6. The summed E-state index contributed by atoms with van der Waals surface area (Å²) in [6.45, 7) is 0.839. The van der Waals surface area contributed by atoms with Crippen molar-refractivity contribution in [1.82, 2.24) is 4.90 Å². The number of carboxylic acids is 1. The van der Waals surface area contributed by atoms with E-state index >= 15 is 0 Å². The molecule has 0 radical (unpaired) electrons. The molecule has 1 aromatic carbocycles. The summed E-state index contributed by atoms with van der Waals surface area (Å²) in [5.74, 6) is 0.906. The molecular weight excluding hydrogens is 310 g/mol. The number of halogens is 1. The summed E-state index contributed by atoms with van der Waals surface area (Å²) in [7, 11) is 0. The van der Waals surface area contributed by atoms with Crippen LogP contribution in [0.3, 0.4) is 0 Å². The van der Waals surface area contributed by atoms with E-state index in [9.17, 15) is 4.79 Å². The highest BCUT2D eigenvalue weighted by Gasteiger charge is 2.20. The Kier molecular flexibility index (Phi) is 4.22. The van der Waals surface area contributed by atoms with E-state index in [1.54, 1.807) is 23.3 Å². The van der Waals surface area contributed by atoms with E-state index in [2.05, 4.69) is 0 Å². The third kappa shape index (κ3) is 3.35. The van der Waals surface area contributed by atoms with Crippen LogP contribution in [-0.4, -0.2) is 29.3 Å². The predicted molar refractivity (Wildman–Crippen MR) is 78.0 cm³/mol. The highest BCUT2D eigenvalue weighted by Crippen LogP contribution is 2.40. The quantitative estimate of drug-likeness (QED) is 0.881. The largest absolute Gasteiger partial charge is 0.480 e. The van der Waals surface area contributed by atoms with Gasteiger partial charge in [0.15, 0.2) is 11.5 Å². The second kappa shape index (κ2) is 6.29. The summed E-state index contributed by atoms with van der Waals surface area (Å²) in [6.07, 6.45) is 1.56. The van der Waals surface area contributed by atoms with E-state index in [-0.39, 0.29) is 13.3 Å². The highest BCUT2D eigenvalue weighted by atomic mass is 35.5. The summed E-state index contributed by atoms with van der Waals surface area (Å²) in [5.41, 5.74) is 0.849. The topological polar surface area (TPSA) is 72.1 Å². The smallest absolute Gasteiger partial charge is 0.317 e. The number of rotatable bonds is 6. The van der Waals surface area contributed by atoms with Crippen LogP contribution < -0.4 is 9.47 Å². The SMILES string of the molecule is O=C(O)CN(Cc1cc(Cl)c2c(c1)OCO2)Cc1ccco1. The lowest BCUT2D eigenvalue weighted by molar-refractivity contribution is -0.138. The van der Waals surface area contributed by atoms with Gasteiger partial charge in [0.1, 0.15) is 5.76 Å². The number of nitrogens with zero attached hydrogens (tertiary/aromatic N) is 1. The molecule has 2 heterocycles. The van der Waals surface area contributed by atoms with Crippen molar-refractivity contribution in [3.8, 4) is 11.5 Å². The monoisotopic (exact) mass is 323 g/mol. The second-order valence-electron chi connectivity index (χ2n) is 4.93. The molecule has 1 aliphatic heterocycles. The third-order valence-corrected chi connectivity index (χ3v) is 3.49. The number of furan rings is 1. The number of ether oxygens (including phenoxy) is 2. The van der Waals surface area contributed by atoms with Gasteiger partial charge in [-0.1, -0.05) is 11.6 Å². The lowest BCUT2D eigenvalue weighted by atomic mass is 10.2. The molecule has 0 atom stereocenters. The summed E-state index contributed by atoms with van der Waals surface area (Å²) >= 11 is 6.15. The molecular formula is C15H14ClNO5. The van der Waals surface area contributed by atoms with E-state index in [1.807, 2.05) is 12.1 Å². The van der Waals surface area contributed by atoms with Gasteiger partial charge in [-0.2, -0.15) is 0 Å². The molecule has 0 spiro atoms. The van der Waals surface area contributed by atoms with Gasteiger partial charge in [0.25, 0.3) is 0 Å². The van der Waals surface area contributed by atoms with E-state index in [4.69, 9.17) is 30.6 Å². The Labute approximate surface area is 131 Å². The van der Waals surface area contributed by atoms with Crippen LogP contribution in [0, 0.1) is 0 Å². The number of fused-ring (bicyclic) bond motifs is 1. The van der Waals surface area contributed by atoms with Crippen LogP contribution in [0.15, 0.2) is 34.9 Å². The Hall–Kier alpha value is -2.18. The lowest BCUT2D eigenvalue weighted by Crippen LogP contribution is -2.28. The van der Waals surface area contributed by atoms with Crippen LogP contribution in [-0.2, 0) is 17.9 Å². The summed E-state index contributed by atoms with van der Waals surface area (Å²) in [6, 6.07) is 7.14. The standard InChI is InChI=1S/C15H14ClNO5/c16-12-4-10(5-13-15(12)22-9-21-13)6-17(8-14(18)19)7-11-2-1-3-20-11/h1-5H,6-9H2,(H,18,19). The molecule has 2 aromatic rings. The highest BCUT2D eigenvalue weighted by molar-refractivity contribution is 6.32. The fourth-order valence-corrected chi connectivity index (χ4v) is 2.64. The minimum Gasteiger partial charge on any atom is -0.480 e. The normalized spacial score (nSPS) is 12.8. The fraction of sp³-hybridized carbons (Fsp3) is 0.267. The first-order valence-corrected chi connectivity index (χ1v) is 7.04. The van der Waals surface area contributed by atoms with Gasteiger partial charge in [-0.15, -0.1) is 0 Å². The van der Waals surface area contributed by atoms with Gasteiger partial charge < -0.3 is 19.0 Å². The summed E-state index contributed by atoms with van der Waals surface area (Å²) in [4.78, 5) is 12.8. The van der Waals surface area contributed by atoms with Crippen molar-refractivity contribution in [2.45, 2.75) is 13.1 Å². The molecule has 0 aliphatic carbocycles. The van der Waals surface area contributed by atoms with Gasteiger partial charge in [0, 0.05) is 6.54 Å². The van der Waals surface area contributed by atoms with Crippen LogP contribution in [0.2, 0.25) is 5.02 Å². The van der Waals surface area contributed by atoms with Crippen molar-refractivity contribution in [1.29, 1.82) is 0 Å². The number of hydrogen-bond acceptors (Lipinski definition) is 5. The lowest BCUT2D eigenvalue weighted by Gasteiger charge is -2.19. The molecule has 0 amide bonds. The molecule has 3 rings (SSSR count). The molecule has 0 saturated carbocycles. The Balaban J connectivity index is 1.77. The van der Waals surface area contributed by atoms with E-state index in [0.717, 1.165) is 5.56 Å². The molecule has 0 unspecified atom stereocenters. The fourth-order valence-electron chi connectivity index (χ4n) is 2.35. The van der Waals surface area contributed by atoms with Gasteiger partial charge in [-0.25, -0.2) is 0 Å². The molecule has 0 fully saturated rings. The molecule has 6 nitrogen and oxygen atoms in total. The van der Waals surface area contributed by atoms with Gasteiger partial charge in [0.05, 0.1) is 24.4 Å². The number of carbonyl (C=O) groups is 1. The van der Waals surface area contributed by atoms with Gasteiger partial charge in [0.2, 0.25) is 6.79 Å². The minimum absolute atomic E-state index is 0.104. The Bertz CT molecular complexity index is 671. The summed E-state index contributed by atoms with van der Waals surface area (Å²) in [5, 5.41) is 9.51. The molecule has 1 N–H and O–H groups in total. The Morgan fingerprint density at radius 3 is 2.91 bits per heavy atom. The molecule has 22 heavy (non-hydrogen) atoms. The maximum Gasteiger partial charge on any atom is 0.317 e. The van der Waals surface area contributed by atoms with E-state index in [0.29, 0.717) is 35.4 Å². The molecule has 0 bridgehead atoms. The van der Waals surface area contributed by atoms with Crippen LogP contribution in [0.5, 0.6) is 11.5 Å². The number of benzene rings is 1. The number of aliphatic carboxylic acids is 1. The average molecular weight is 324 g/mol. The van der Waals surface area contributed by atoms with Crippen LogP contribution in [0.25, 0.3) is 0 Å². The Morgan fingerprint density at radius 1 is 1.32 bits per heavy atom. The van der Waals surface area contributed by atoms with E-state index < -0.39 is 5.97 Å². The minimum atomic E-state index is -0.904. The maximum absolute atomic E-state index is 11.0. The molecule has 1 aliphatic rings. The van der Waals surface area contributed by atoms with Gasteiger partial charge in [-0.05, 0) is 29.8 Å². The van der Waals surface area contributed by atoms with Crippen LogP contribution in [0.4, 0.5) is 0 Å². The van der Waals surface area contributed by atoms with Crippen LogP contribution >= 0.6 is 11.6 Å². The first kappa shape index (κ1) is 14.7. The van der Waals surface area contributed by atoms with E-state index in [1.165, 1.54) is 0 Å². The zero-order chi connectivity index (χ0) is 15.5. The molecule has 116 valence electrons. The molecule has 1 aromatic heterocycles. The Morgan fingerprint density at radius 2 is 2.18 bits per heavy atom. The maximum atomic E-state index is 11.0. The van der Waals surface area contributed by atoms with Crippen molar-refractivity contribution in [2.75, 3.05) is 13.3 Å². The summed E-state index contributed by atoms with van der Waals surface area (Å²) < 4.78 is 15.9. The van der Waals surface area contributed by atoms with Crippen molar-refractivity contribution < 1.29 is 23.8 Å².